The molecule has 0 radical (unpaired) electrons. The van der Waals surface area contributed by atoms with Crippen LogP contribution in [0.25, 0.3) is 0 Å². The number of anilines is 1. The summed E-state index contributed by atoms with van der Waals surface area (Å²) in [7, 11) is 0. The summed E-state index contributed by atoms with van der Waals surface area (Å²) in [6.45, 7) is 3.38. The van der Waals surface area contributed by atoms with E-state index < -0.39 is 0 Å². The van der Waals surface area contributed by atoms with E-state index >= 15 is 0 Å². The van der Waals surface area contributed by atoms with Gasteiger partial charge in [0.1, 0.15) is 5.01 Å². The lowest BCUT2D eigenvalue weighted by atomic mass is 10.1. The van der Waals surface area contributed by atoms with Gasteiger partial charge in [0.15, 0.2) is 5.76 Å². The maximum Gasteiger partial charge on any atom is 0.293 e. The summed E-state index contributed by atoms with van der Waals surface area (Å²) in [5.41, 5.74) is 0. The zero-order valence-corrected chi connectivity index (χ0v) is 13.8. The first-order valence-corrected chi connectivity index (χ1v) is 8.02. The molecule has 1 aliphatic rings. The zero-order chi connectivity index (χ0) is 14.5. The number of halogens is 1. The van der Waals surface area contributed by atoms with Crippen LogP contribution in [0.2, 0.25) is 0 Å². The number of nitrogens with one attached hydrogen (secondary N) is 1. The second-order valence-corrected chi connectivity index (χ2v) is 6.15. The lowest BCUT2D eigenvalue weighted by molar-refractivity contribution is 0.0996. The smallest absolute Gasteiger partial charge is 0.293 e. The predicted molar refractivity (Wildman–Crippen MR) is 87.8 cm³/mol. The molecule has 1 amide bonds. The fourth-order valence-corrected chi connectivity index (χ4v) is 3.13. The van der Waals surface area contributed by atoms with E-state index in [-0.39, 0.29) is 24.1 Å². The van der Waals surface area contributed by atoms with E-state index in [1.165, 1.54) is 50.0 Å². The van der Waals surface area contributed by atoms with E-state index in [4.69, 9.17) is 4.42 Å². The molecule has 2 aromatic heterocycles. The van der Waals surface area contributed by atoms with Gasteiger partial charge in [0, 0.05) is 13.0 Å². The maximum atomic E-state index is 11.8. The molecule has 0 saturated carbocycles. The second kappa shape index (κ2) is 8.26. The van der Waals surface area contributed by atoms with Gasteiger partial charge in [0.05, 0.1) is 6.26 Å². The zero-order valence-electron chi connectivity index (χ0n) is 12.2. The van der Waals surface area contributed by atoms with Gasteiger partial charge in [0.2, 0.25) is 5.13 Å². The highest BCUT2D eigenvalue weighted by Crippen LogP contribution is 2.18. The number of amides is 1. The van der Waals surface area contributed by atoms with Crippen molar-refractivity contribution in [3.63, 3.8) is 0 Å². The number of nitrogens with zero attached hydrogens (tertiary/aromatic N) is 3. The van der Waals surface area contributed by atoms with Gasteiger partial charge in [0.25, 0.3) is 5.91 Å². The van der Waals surface area contributed by atoms with Crippen LogP contribution in [0.15, 0.2) is 22.8 Å². The molecule has 1 N–H and O–H groups in total. The molecule has 0 atom stereocenters. The van der Waals surface area contributed by atoms with Crippen molar-refractivity contribution >= 4 is 34.8 Å². The lowest BCUT2D eigenvalue weighted by Crippen LogP contribution is -2.31. The SMILES string of the molecule is Cl.O=C(Nc1nnc(CCN2CCCCC2)s1)c1ccco1. The number of rotatable bonds is 5. The summed E-state index contributed by atoms with van der Waals surface area (Å²) >= 11 is 1.42. The number of piperidine rings is 1. The molecule has 1 saturated heterocycles. The standard InChI is InChI=1S/C14H18N4O2S.ClH/c19-13(11-5-4-10-20-11)15-14-17-16-12(21-14)6-9-18-7-2-1-3-8-18;/h4-5,10H,1-3,6-9H2,(H,15,17,19);1H. The third kappa shape index (κ3) is 4.53. The molecule has 2 aromatic rings. The van der Waals surface area contributed by atoms with E-state index in [0.29, 0.717) is 5.13 Å². The normalized spacial score (nSPS) is 15.3. The van der Waals surface area contributed by atoms with E-state index in [1.807, 2.05) is 0 Å². The molecule has 0 unspecified atom stereocenters. The Morgan fingerprint density at radius 2 is 2.14 bits per heavy atom. The number of likely N-dealkylation sites (tertiary alicyclic amines) is 1. The van der Waals surface area contributed by atoms with Gasteiger partial charge in [-0.2, -0.15) is 0 Å². The fourth-order valence-electron chi connectivity index (χ4n) is 2.41. The van der Waals surface area contributed by atoms with Crippen molar-refractivity contribution < 1.29 is 9.21 Å². The van der Waals surface area contributed by atoms with Crippen LogP contribution in [0.1, 0.15) is 34.8 Å². The summed E-state index contributed by atoms with van der Waals surface area (Å²) in [4.78, 5) is 14.3. The molecule has 0 bridgehead atoms. The maximum absolute atomic E-state index is 11.8. The minimum atomic E-state index is -0.293. The van der Waals surface area contributed by atoms with Crippen LogP contribution in [-0.2, 0) is 6.42 Å². The fraction of sp³-hybridized carbons (Fsp3) is 0.500. The van der Waals surface area contributed by atoms with E-state index in [0.717, 1.165) is 18.0 Å². The number of hydrogen-bond acceptors (Lipinski definition) is 6. The molecule has 0 aliphatic carbocycles. The number of aromatic nitrogens is 2. The lowest BCUT2D eigenvalue weighted by Gasteiger charge is -2.25. The summed E-state index contributed by atoms with van der Waals surface area (Å²) in [6, 6.07) is 3.30. The van der Waals surface area contributed by atoms with E-state index in [9.17, 15) is 4.79 Å². The number of carbonyl (C=O) groups excluding carboxylic acids is 1. The van der Waals surface area contributed by atoms with Crippen LogP contribution in [-0.4, -0.2) is 40.6 Å². The predicted octanol–water partition coefficient (Wildman–Crippen LogP) is 2.83. The third-order valence-electron chi connectivity index (χ3n) is 3.52. The van der Waals surface area contributed by atoms with Gasteiger partial charge >= 0.3 is 0 Å². The first kappa shape index (κ1) is 16.9. The molecular weight excluding hydrogens is 324 g/mol. The van der Waals surface area contributed by atoms with Crippen LogP contribution in [0.4, 0.5) is 5.13 Å². The molecule has 0 aromatic carbocycles. The first-order valence-electron chi connectivity index (χ1n) is 7.21. The van der Waals surface area contributed by atoms with E-state index in [2.05, 4.69) is 20.4 Å². The number of furan rings is 1. The number of hydrogen-bond donors (Lipinski definition) is 1. The molecule has 3 heterocycles. The molecule has 3 rings (SSSR count). The van der Waals surface area contributed by atoms with Crippen molar-refractivity contribution in [3.8, 4) is 0 Å². The van der Waals surface area contributed by atoms with Crippen molar-refractivity contribution in [3.05, 3.63) is 29.2 Å². The highest BCUT2D eigenvalue weighted by molar-refractivity contribution is 7.15. The number of carbonyl (C=O) groups is 1. The van der Waals surface area contributed by atoms with Gasteiger partial charge in [-0.3, -0.25) is 10.1 Å². The monoisotopic (exact) mass is 342 g/mol. The van der Waals surface area contributed by atoms with E-state index in [1.54, 1.807) is 12.1 Å². The van der Waals surface area contributed by atoms with Crippen molar-refractivity contribution in [1.29, 1.82) is 0 Å². The Balaban J connectivity index is 0.00000176. The topological polar surface area (TPSA) is 71.3 Å². The Hall–Kier alpha value is -1.44. The van der Waals surface area contributed by atoms with Gasteiger partial charge in [-0.05, 0) is 38.1 Å². The molecule has 1 fully saturated rings. The van der Waals surface area contributed by atoms with Gasteiger partial charge in [-0.15, -0.1) is 22.6 Å². The largest absolute Gasteiger partial charge is 0.459 e. The average Bonchev–Trinajstić information content (AvgIpc) is 3.18. The Kier molecular flexibility index (Phi) is 6.35. The average molecular weight is 343 g/mol. The molecule has 6 nitrogen and oxygen atoms in total. The van der Waals surface area contributed by atoms with Gasteiger partial charge in [-0.25, -0.2) is 0 Å². The summed E-state index contributed by atoms with van der Waals surface area (Å²) in [5, 5.41) is 12.3. The second-order valence-electron chi connectivity index (χ2n) is 5.08. The van der Waals surface area contributed by atoms with Crippen molar-refractivity contribution in [1.82, 2.24) is 15.1 Å². The summed E-state index contributed by atoms with van der Waals surface area (Å²) < 4.78 is 5.04. The van der Waals surface area contributed by atoms with Crippen LogP contribution < -0.4 is 5.32 Å². The highest BCUT2D eigenvalue weighted by Gasteiger charge is 2.14. The Morgan fingerprint density at radius 1 is 1.32 bits per heavy atom. The van der Waals surface area contributed by atoms with Crippen molar-refractivity contribution in [2.24, 2.45) is 0 Å². The molecule has 120 valence electrons. The van der Waals surface area contributed by atoms with Crippen molar-refractivity contribution in [2.75, 3.05) is 25.0 Å². The van der Waals surface area contributed by atoms with Gasteiger partial charge in [-0.1, -0.05) is 17.8 Å². The van der Waals surface area contributed by atoms with Gasteiger partial charge < -0.3 is 9.32 Å². The van der Waals surface area contributed by atoms with Crippen LogP contribution in [0.3, 0.4) is 0 Å². The van der Waals surface area contributed by atoms with Crippen LogP contribution in [0.5, 0.6) is 0 Å². The summed E-state index contributed by atoms with van der Waals surface area (Å²) in [6.07, 6.45) is 6.28. The van der Waals surface area contributed by atoms with Crippen molar-refractivity contribution in [2.45, 2.75) is 25.7 Å². The molecule has 22 heavy (non-hydrogen) atoms. The highest BCUT2D eigenvalue weighted by atomic mass is 35.5. The molecule has 0 spiro atoms. The first-order chi connectivity index (χ1) is 10.3. The Morgan fingerprint density at radius 3 is 2.86 bits per heavy atom. The molecular formula is C14H19ClN4O2S. The van der Waals surface area contributed by atoms with Crippen LogP contribution >= 0.6 is 23.7 Å². The Labute approximate surface area is 139 Å². The third-order valence-corrected chi connectivity index (χ3v) is 4.42. The van der Waals surface area contributed by atoms with Crippen LogP contribution in [0, 0.1) is 0 Å². The molecule has 1 aliphatic heterocycles. The summed E-state index contributed by atoms with van der Waals surface area (Å²) in [5.74, 6) is -0.0150. The minimum absolute atomic E-state index is 0. The molecule has 8 heteroatoms. The minimum Gasteiger partial charge on any atom is -0.459 e. The Bertz CT molecular complexity index is 581. The quantitative estimate of drug-likeness (QED) is 0.904.